The Morgan fingerprint density at radius 2 is 1.72 bits per heavy atom. The van der Waals surface area contributed by atoms with Crippen LogP contribution in [-0.2, 0) is 18.6 Å². The van der Waals surface area contributed by atoms with Gasteiger partial charge in [0.15, 0.2) is 0 Å². The second-order valence-electron chi connectivity index (χ2n) is 3.94. The summed E-state index contributed by atoms with van der Waals surface area (Å²) in [6, 6.07) is 18.4. The van der Waals surface area contributed by atoms with Gasteiger partial charge in [-0.25, -0.2) is 18.2 Å². The molecule has 2 aromatic carbocycles. The summed E-state index contributed by atoms with van der Waals surface area (Å²) < 4.78 is 0. The number of rotatable bonds is 2. The molecule has 2 rings (SSSR count). The summed E-state index contributed by atoms with van der Waals surface area (Å²) in [5.41, 5.74) is 4.02. The van der Waals surface area contributed by atoms with Crippen LogP contribution >= 0.6 is 0 Å². The maximum absolute atomic E-state index is 2.16. The van der Waals surface area contributed by atoms with Gasteiger partial charge in [-0.2, -0.15) is 42.0 Å². The van der Waals surface area contributed by atoms with Crippen LogP contribution in [-0.4, -0.2) is 0 Å². The topological polar surface area (TPSA) is 0 Å². The predicted octanol–water partition coefficient (Wildman–Crippen LogP) is 5.18. The Morgan fingerprint density at radius 3 is 2.11 bits per heavy atom. The van der Waals surface area contributed by atoms with Crippen molar-refractivity contribution < 1.29 is 18.6 Å². The smallest absolute Gasteiger partial charge is 0.214 e. The van der Waals surface area contributed by atoms with E-state index < -0.39 is 0 Å². The standard InChI is InChI=1S/C12H15.C5H5.V/c1-4-7-10(2)11(3)12-8-5-6-9-12;1-2-4-5-3-1;/h4-9H,1-3H3;1-5H;/q2*-1;+2. The average Bonchev–Trinajstić information content (AvgIpc) is 3.04. The first kappa shape index (κ1) is 16.8. The molecule has 0 heterocycles. The van der Waals surface area contributed by atoms with Crippen LogP contribution in [0, 0.1) is 0 Å². The van der Waals surface area contributed by atoms with E-state index in [0.29, 0.717) is 0 Å². The van der Waals surface area contributed by atoms with Crippen LogP contribution in [0.4, 0.5) is 0 Å². The van der Waals surface area contributed by atoms with Gasteiger partial charge in [-0.3, -0.25) is 0 Å². The predicted molar refractivity (Wildman–Crippen MR) is 77.2 cm³/mol. The maximum Gasteiger partial charge on any atom is 2.00 e. The SMILES string of the molecule is CC=CC(C)=C(C)c1cc[cH-]c1.[V+2].c1cc[cH-]c1. The Balaban J connectivity index is 0.000000405. The zero-order chi connectivity index (χ0) is 12.5. The van der Waals surface area contributed by atoms with Crippen molar-refractivity contribution in [1.29, 1.82) is 0 Å². The van der Waals surface area contributed by atoms with E-state index in [1.54, 1.807) is 0 Å². The van der Waals surface area contributed by atoms with Crippen molar-refractivity contribution in [3.8, 4) is 0 Å². The van der Waals surface area contributed by atoms with Gasteiger partial charge in [0.1, 0.15) is 0 Å². The van der Waals surface area contributed by atoms with Crippen molar-refractivity contribution in [3.63, 3.8) is 0 Å². The molecule has 1 radical (unpaired) electrons. The Kier molecular flexibility index (Phi) is 9.09. The first-order valence-corrected chi connectivity index (χ1v) is 5.94. The largest absolute Gasteiger partial charge is 2.00 e. The summed E-state index contributed by atoms with van der Waals surface area (Å²) in [6.45, 7) is 6.34. The van der Waals surface area contributed by atoms with Crippen LogP contribution in [0.5, 0.6) is 0 Å². The molecular formula is C17H20V. The summed E-state index contributed by atoms with van der Waals surface area (Å²) in [7, 11) is 0. The summed E-state index contributed by atoms with van der Waals surface area (Å²) in [5.74, 6) is 0. The number of hydrogen-bond donors (Lipinski definition) is 0. The molecule has 2 aromatic rings. The minimum Gasteiger partial charge on any atom is -0.214 e. The molecule has 0 atom stereocenters. The molecule has 18 heavy (non-hydrogen) atoms. The van der Waals surface area contributed by atoms with Gasteiger partial charge >= 0.3 is 18.6 Å². The average molecular weight is 275 g/mol. The fourth-order valence-electron chi connectivity index (χ4n) is 1.55. The molecule has 0 N–H and O–H groups in total. The van der Waals surface area contributed by atoms with Gasteiger partial charge in [0, 0.05) is 0 Å². The third kappa shape index (κ3) is 5.91. The van der Waals surface area contributed by atoms with E-state index in [1.807, 2.05) is 37.3 Å². The van der Waals surface area contributed by atoms with E-state index in [4.69, 9.17) is 0 Å². The molecule has 0 saturated carbocycles. The van der Waals surface area contributed by atoms with E-state index in [-0.39, 0.29) is 18.6 Å². The molecule has 0 spiro atoms. The van der Waals surface area contributed by atoms with Crippen LogP contribution in [0.2, 0.25) is 0 Å². The van der Waals surface area contributed by atoms with Crippen molar-refractivity contribution in [2.24, 2.45) is 0 Å². The van der Waals surface area contributed by atoms with E-state index in [1.165, 1.54) is 16.7 Å². The molecule has 0 fully saturated rings. The summed E-state index contributed by atoms with van der Waals surface area (Å²) >= 11 is 0. The van der Waals surface area contributed by atoms with Gasteiger partial charge in [-0.15, -0.1) is 5.57 Å². The van der Waals surface area contributed by atoms with Gasteiger partial charge < -0.3 is 0 Å². The van der Waals surface area contributed by atoms with Gasteiger partial charge in [-0.05, 0) is 13.8 Å². The molecule has 0 aromatic heterocycles. The van der Waals surface area contributed by atoms with Crippen molar-refractivity contribution in [3.05, 3.63) is 77.9 Å². The maximum atomic E-state index is 2.16. The summed E-state index contributed by atoms with van der Waals surface area (Å²) in [4.78, 5) is 0. The first-order chi connectivity index (χ1) is 8.25. The van der Waals surface area contributed by atoms with E-state index >= 15 is 0 Å². The molecule has 0 aliphatic carbocycles. The van der Waals surface area contributed by atoms with Crippen LogP contribution in [0.3, 0.4) is 0 Å². The van der Waals surface area contributed by atoms with Crippen LogP contribution in [0.25, 0.3) is 5.57 Å². The monoisotopic (exact) mass is 275 g/mol. The van der Waals surface area contributed by atoms with E-state index in [9.17, 15) is 0 Å². The fourth-order valence-corrected chi connectivity index (χ4v) is 1.55. The quantitative estimate of drug-likeness (QED) is 0.523. The second-order valence-corrected chi connectivity index (χ2v) is 3.94. The minimum absolute atomic E-state index is 0. The normalized spacial score (nSPS) is 11.3. The van der Waals surface area contributed by atoms with Crippen molar-refractivity contribution in [2.75, 3.05) is 0 Å². The molecule has 93 valence electrons. The fraction of sp³-hybridized carbons (Fsp3) is 0.176. The third-order valence-electron chi connectivity index (χ3n) is 2.66. The van der Waals surface area contributed by atoms with Gasteiger partial charge in [0.25, 0.3) is 0 Å². The molecule has 0 aliphatic rings. The zero-order valence-electron chi connectivity index (χ0n) is 11.3. The van der Waals surface area contributed by atoms with Crippen LogP contribution in [0.1, 0.15) is 26.3 Å². The molecule has 0 bridgehead atoms. The van der Waals surface area contributed by atoms with Gasteiger partial charge in [-0.1, -0.05) is 24.6 Å². The molecule has 0 amide bonds. The molecule has 0 nitrogen and oxygen atoms in total. The minimum atomic E-state index is 0. The van der Waals surface area contributed by atoms with E-state index in [2.05, 4.69) is 50.3 Å². The third-order valence-corrected chi connectivity index (χ3v) is 2.66. The Morgan fingerprint density at radius 1 is 1.06 bits per heavy atom. The Labute approximate surface area is 123 Å². The molecule has 0 aliphatic heterocycles. The van der Waals surface area contributed by atoms with E-state index in [0.717, 1.165) is 0 Å². The van der Waals surface area contributed by atoms with Crippen molar-refractivity contribution >= 4 is 5.57 Å². The van der Waals surface area contributed by atoms with Gasteiger partial charge in [0.05, 0.1) is 0 Å². The summed E-state index contributed by atoms with van der Waals surface area (Å²) in [6.07, 6.45) is 4.21. The molecule has 0 saturated heterocycles. The number of hydrogen-bond acceptors (Lipinski definition) is 0. The van der Waals surface area contributed by atoms with Gasteiger partial charge in [0.2, 0.25) is 0 Å². The number of allylic oxidation sites excluding steroid dienone is 4. The molecule has 0 unspecified atom stereocenters. The summed E-state index contributed by atoms with van der Waals surface area (Å²) in [5, 5.41) is 0. The molecule has 1 heteroatoms. The van der Waals surface area contributed by atoms with Crippen LogP contribution < -0.4 is 0 Å². The molecular weight excluding hydrogens is 255 g/mol. The van der Waals surface area contributed by atoms with Crippen molar-refractivity contribution in [1.82, 2.24) is 0 Å². The Hall–Kier alpha value is -1.24. The first-order valence-electron chi connectivity index (χ1n) is 5.94. The second kappa shape index (κ2) is 9.76. The van der Waals surface area contributed by atoms with Crippen molar-refractivity contribution in [2.45, 2.75) is 20.8 Å². The zero-order valence-corrected chi connectivity index (χ0v) is 12.7. The Bertz CT molecular complexity index is 425. The van der Waals surface area contributed by atoms with Crippen LogP contribution in [0.15, 0.2) is 72.3 Å².